The van der Waals surface area contributed by atoms with Crippen LogP contribution in [0.2, 0.25) is 0 Å². The Morgan fingerprint density at radius 3 is 2.76 bits per heavy atom. The van der Waals surface area contributed by atoms with Crippen molar-refractivity contribution in [2.75, 3.05) is 18.6 Å². The van der Waals surface area contributed by atoms with Gasteiger partial charge < -0.3 is 9.84 Å². The van der Waals surface area contributed by atoms with Gasteiger partial charge >= 0.3 is 0 Å². The summed E-state index contributed by atoms with van der Waals surface area (Å²) in [6.07, 6.45) is 7.83. The first kappa shape index (κ1) is 15.3. The van der Waals surface area contributed by atoms with Crippen molar-refractivity contribution in [3.8, 4) is 0 Å². The first-order chi connectivity index (χ1) is 10.3. The normalized spacial score (nSPS) is 33.4. The van der Waals surface area contributed by atoms with Crippen LogP contribution >= 0.6 is 11.8 Å². The molecule has 118 valence electrons. The fourth-order valence-corrected chi connectivity index (χ4v) is 5.18. The number of likely N-dealkylation sites (N-methyl/N-ethyl adjacent to an activating group) is 1. The number of thioether (sulfide) groups is 1. The monoisotopic (exact) mass is 309 g/mol. The van der Waals surface area contributed by atoms with Crippen molar-refractivity contribution in [1.82, 2.24) is 15.5 Å². The molecule has 2 aliphatic rings. The van der Waals surface area contributed by atoms with Crippen molar-refractivity contribution in [1.29, 1.82) is 0 Å². The van der Waals surface area contributed by atoms with Crippen LogP contribution in [0.3, 0.4) is 0 Å². The van der Waals surface area contributed by atoms with Gasteiger partial charge in [-0.25, -0.2) is 0 Å². The van der Waals surface area contributed by atoms with Crippen LogP contribution in [0, 0.1) is 5.92 Å². The molecule has 1 aliphatic carbocycles. The van der Waals surface area contributed by atoms with Gasteiger partial charge in [-0.05, 0) is 38.6 Å². The second kappa shape index (κ2) is 7.14. The molecule has 4 nitrogen and oxygen atoms in total. The zero-order valence-electron chi connectivity index (χ0n) is 13.2. The summed E-state index contributed by atoms with van der Waals surface area (Å²) >= 11 is 1.97. The lowest BCUT2D eigenvalue weighted by Crippen LogP contribution is -2.31. The van der Waals surface area contributed by atoms with Crippen LogP contribution in [-0.4, -0.2) is 34.7 Å². The van der Waals surface area contributed by atoms with Gasteiger partial charge in [-0.15, -0.1) is 0 Å². The summed E-state index contributed by atoms with van der Waals surface area (Å²) in [6.45, 7) is 2.29. The molecule has 0 aromatic carbocycles. The third-order valence-electron chi connectivity index (χ3n) is 5.13. The van der Waals surface area contributed by atoms with Gasteiger partial charge in [0.05, 0.1) is 5.92 Å². The standard InChI is InChI=1S/C16H27N3OS/c1-3-4-11-5-7-12(8-6-11)15-18-16(20-19-15)13-9-21-10-14(13)17-2/h11-14,17H,3-10H2,1-2H3. The maximum absolute atomic E-state index is 5.59. The van der Waals surface area contributed by atoms with E-state index >= 15 is 0 Å². The molecule has 2 fully saturated rings. The molecule has 1 saturated carbocycles. The van der Waals surface area contributed by atoms with E-state index in [1.54, 1.807) is 0 Å². The number of hydrogen-bond acceptors (Lipinski definition) is 5. The summed E-state index contributed by atoms with van der Waals surface area (Å²) in [6, 6.07) is 0.476. The molecule has 2 atom stereocenters. The number of rotatable bonds is 5. The van der Waals surface area contributed by atoms with E-state index in [1.165, 1.54) is 38.5 Å². The van der Waals surface area contributed by atoms with Gasteiger partial charge in [0, 0.05) is 23.5 Å². The van der Waals surface area contributed by atoms with Gasteiger partial charge in [0.1, 0.15) is 0 Å². The lowest BCUT2D eigenvalue weighted by atomic mass is 9.80. The minimum Gasteiger partial charge on any atom is -0.339 e. The summed E-state index contributed by atoms with van der Waals surface area (Å²) in [5.74, 6) is 5.89. The van der Waals surface area contributed by atoms with Crippen LogP contribution in [0.1, 0.15) is 69.0 Å². The highest BCUT2D eigenvalue weighted by Crippen LogP contribution is 2.38. The van der Waals surface area contributed by atoms with Gasteiger partial charge in [0.25, 0.3) is 0 Å². The highest BCUT2D eigenvalue weighted by atomic mass is 32.2. The SMILES string of the molecule is CCCC1CCC(c2noc(C3CSCC3NC)n2)CC1. The van der Waals surface area contributed by atoms with E-state index in [0.29, 0.717) is 17.9 Å². The quantitative estimate of drug-likeness (QED) is 0.901. The first-order valence-corrected chi connectivity index (χ1v) is 9.55. The molecule has 1 N–H and O–H groups in total. The van der Waals surface area contributed by atoms with Crippen LogP contribution in [0.5, 0.6) is 0 Å². The largest absolute Gasteiger partial charge is 0.339 e. The molecule has 0 amide bonds. The van der Waals surface area contributed by atoms with Gasteiger partial charge in [-0.2, -0.15) is 16.7 Å². The van der Waals surface area contributed by atoms with E-state index in [1.807, 2.05) is 18.8 Å². The zero-order chi connectivity index (χ0) is 14.7. The van der Waals surface area contributed by atoms with E-state index in [9.17, 15) is 0 Å². The van der Waals surface area contributed by atoms with Crippen LogP contribution in [0.25, 0.3) is 0 Å². The van der Waals surface area contributed by atoms with Crippen LogP contribution < -0.4 is 5.32 Å². The molecular formula is C16H27N3OS. The maximum Gasteiger partial charge on any atom is 0.232 e. The molecule has 21 heavy (non-hydrogen) atoms. The molecule has 1 saturated heterocycles. The van der Waals surface area contributed by atoms with Crippen molar-refractivity contribution < 1.29 is 4.52 Å². The summed E-state index contributed by atoms with van der Waals surface area (Å²) in [7, 11) is 2.02. The number of nitrogens with one attached hydrogen (secondary N) is 1. The lowest BCUT2D eigenvalue weighted by molar-refractivity contribution is 0.293. The Bertz CT molecular complexity index is 442. The van der Waals surface area contributed by atoms with Crippen molar-refractivity contribution in [3.63, 3.8) is 0 Å². The fourth-order valence-electron chi connectivity index (χ4n) is 3.76. The number of aromatic nitrogens is 2. The predicted molar refractivity (Wildman–Crippen MR) is 86.8 cm³/mol. The highest BCUT2D eigenvalue weighted by molar-refractivity contribution is 7.99. The molecule has 1 aromatic heterocycles. The Morgan fingerprint density at radius 1 is 1.24 bits per heavy atom. The summed E-state index contributed by atoms with van der Waals surface area (Å²) < 4.78 is 5.59. The molecular weight excluding hydrogens is 282 g/mol. The Kier molecular flexibility index (Phi) is 5.22. The highest BCUT2D eigenvalue weighted by Gasteiger charge is 2.33. The fraction of sp³-hybridized carbons (Fsp3) is 0.875. The van der Waals surface area contributed by atoms with Gasteiger partial charge in [-0.1, -0.05) is 24.9 Å². The smallest absolute Gasteiger partial charge is 0.232 e. The average Bonchev–Trinajstić information content (AvgIpc) is 3.17. The molecule has 1 aliphatic heterocycles. The van der Waals surface area contributed by atoms with Crippen molar-refractivity contribution in [2.24, 2.45) is 5.92 Å². The van der Waals surface area contributed by atoms with Crippen molar-refractivity contribution in [2.45, 2.75) is 63.3 Å². The van der Waals surface area contributed by atoms with E-state index in [-0.39, 0.29) is 0 Å². The second-order valence-electron chi connectivity index (χ2n) is 6.54. The molecule has 5 heteroatoms. The van der Waals surface area contributed by atoms with Crippen molar-refractivity contribution >= 4 is 11.8 Å². The number of hydrogen-bond donors (Lipinski definition) is 1. The molecule has 1 aromatic rings. The minimum absolute atomic E-state index is 0.387. The average molecular weight is 309 g/mol. The minimum atomic E-state index is 0.387. The maximum atomic E-state index is 5.59. The third-order valence-corrected chi connectivity index (χ3v) is 6.32. The second-order valence-corrected chi connectivity index (χ2v) is 7.61. The molecule has 2 unspecified atom stereocenters. The first-order valence-electron chi connectivity index (χ1n) is 8.40. The summed E-state index contributed by atoms with van der Waals surface area (Å²) in [4.78, 5) is 4.75. The third kappa shape index (κ3) is 3.45. The molecule has 2 heterocycles. The van der Waals surface area contributed by atoms with Gasteiger partial charge in [0.15, 0.2) is 5.82 Å². The molecule has 0 radical (unpaired) electrons. The van der Waals surface area contributed by atoms with Gasteiger partial charge in [-0.3, -0.25) is 0 Å². The Hall–Kier alpha value is -0.550. The molecule has 0 bridgehead atoms. The van der Waals surface area contributed by atoms with Crippen molar-refractivity contribution in [3.05, 3.63) is 11.7 Å². The van der Waals surface area contributed by atoms with E-state index < -0.39 is 0 Å². The molecule has 0 spiro atoms. The van der Waals surface area contributed by atoms with E-state index in [0.717, 1.165) is 29.1 Å². The number of nitrogens with zero attached hydrogens (tertiary/aromatic N) is 2. The summed E-state index contributed by atoms with van der Waals surface area (Å²) in [5, 5.41) is 7.67. The topological polar surface area (TPSA) is 51.0 Å². The zero-order valence-corrected chi connectivity index (χ0v) is 14.0. The lowest BCUT2D eigenvalue weighted by Gasteiger charge is -2.26. The Balaban J connectivity index is 1.60. The van der Waals surface area contributed by atoms with Crippen LogP contribution in [0.15, 0.2) is 4.52 Å². The Morgan fingerprint density at radius 2 is 2.05 bits per heavy atom. The van der Waals surface area contributed by atoms with Crippen LogP contribution in [-0.2, 0) is 0 Å². The molecule has 3 rings (SSSR count). The van der Waals surface area contributed by atoms with E-state index in [4.69, 9.17) is 9.51 Å². The van der Waals surface area contributed by atoms with Crippen LogP contribution in [0.4, 0.5) is 0 Å². The summed E-state index contributed by atoms with van der Waals surface area (Å²) in [5.41, 5.74) is 0. The Labute approximate surface area is 131 Å². The van der Waals surface area contributed by atoms with Gasteiger partial charge in [0.2, 0.25) is 5.89 Å². The predicted octanol–water partition coefficient (Wildman–Crippen LogP) is 3.56. The van der Waals surface area contributed by atoms with E-state index in [2.05, 4.69) is 17.4 Å².